The van der Waals surface area contributed by atoms with E-state index in [-0.39, 0.29) is 30.5 Å². The van der Waals surface area contributed by atoms with E-state index in [1.54, 1.807) is 20.8 Å². The van der Waals surface area contributed by atoms with Crippen LogP contribution in [0, 0.1) is 5.82 Å². The Kier molecular flexibility index (Phi) is 10.5. The predicted octanol–water partition coefficient (Wildman–Crippen LogP) is 4.90. The van der Waals surface area contributed by atoms with E-state index in [1.165, 1.54) is 17.9 Å². The van der Waals surface area contributed by atoms with Gasteiger partial charge >= 0.3 is 6.09 Å². The fourth-order valence-electron chi connectivity index (χ4n) is 4.52. The molecule has 40 heavy (non-hydrogen) atoms. The van der Waals surface area contributed by atoms with Gasteiger partial charge in [-0.15, -0.1) is 0 Å². The highest BCUT2D eigenvalue weighted by Gasteiger charge is 2.36. The van der Waals surface area contributed by atoms with Crippen LogP contribution < -0.4 is 4.74 Å². The second-order valence-electron chi connectivity index (χ2n) is 11.5. The third-order valence-corrected chi connectivity index (χ3v) is 7.29. The lowest BCUT2D eigenvalue weighted by Crippen LogP contribution is -2.55. The zero-order chi connectivity index (χ0) is 29.7. The van der Waals surface area contributed by atoms with E-state index in [2.05, 4.69) is 4.90 Å². The van der Waals surface area contributed by atoms with E-state index in [9.17, 15) is 27.3 Å². The number of hydrogen-bond donors (Lipinski definition) is 2. The van der Waals surface area contributed by atoms with Crippen molar-refractivity contribution in [3.05, 3.63) is 64.4 Å². The Bertz CT molecular complexity index is 1260. The van der Waals surface area contributed by atoms with E-state index in [1.807, 2.05) is 24.3 Å². The lowest BCUT2D eigenvalue weighted by Gasteiger charge is -2.41. The first-order chi connectivity index (χ1) is 18.5. The Morgan fingerprint density at radius 1 is 1.12 bits per heavy atom. The average molecular weight is 601 g/mol. The smallest absolute Gasteiger partial charge is 0.410 e. The Morgan fingerprint density at radius 2 is 1.75 bits per heavy atom. The van der Waals surface area contributed by atoms with E-state index in [0.29, 0.717) is 17.9 Å². The Hall–Kier alpha value is -2.44. The maximum absolute atomic E-state index is 13.9. The van der Waals surface area contributed by atoms with Crippen LogP contribution in [0.5, 0.6) is 5.75 Å². The number of rotatable bonds is 10. The molecule has 1 atom stereocenters. The fraction of sp³-hybridized carbons (Fsp3) is 0.536. The number of aliphatic hydroxyl groups is 1. The van der Waals surface area contributed by atoms with E-state index in [4.69, 9.17) is 21.1 Å². The molecule has 1 aliphatic heterocycles. The van der Waals surface area contributed by atoms with Crippen molar-refractivity contribution in [1.29, 1.82) is 0 Å². The van der Waals surface area contributed by atoms with Crippen molar-refractivity contribution < 1.29 is 36.7 Å². The second kappa shape index (κ2) is 13.0. The summed E-state index contributed by atoms with van der Waals surface area (Å²) in [4.78, 5) is 17.1. The Balaban J connectivity index is 1.70. The van der Waals surface area contributed by atoms with Gasteiger partial charge in [-0.2, -0.15) is 8.42 Å². The summed E-state index contributed by atoms with van der Waals surface area (Å²) in [7, 11) is -4.40. The summed E-state index contributed by atoms with van der Waals surface area (Å²) in [5.41, 5.74) is -1.17. The van der Waals surface area contributed by atoms with Gasteiger partial charge in [0, 0.05) is 42.3 Å². The number of hydrogen-bond acceptors (Lipinski definition) is 7. The van der Waals surface area contributed by atoms with Gasteiger partial charge in [0.15, 0.2) is 0 Å². The highest BCUT2D eigenvalue weighted by molar-refractivity contribution is 7.85. The Morgan fingerprint density at radius 3 is 2.33 bits per heavy atom. The summed E-state index contributed by atoms with van der Waals surface area (Å²) in [6.45, 7) is 8.47. The summed E-state index contributed by atoms with van der Waals surface area (Å²) in [5.74, 6) is -1.57. The van der Waals surface area contributed by atoms with Crippen LogP contribution in [0.4, 0.5) is 9.18 Å². The third-order valence-electron chi connectivity index (χ3n) is 6.36. The number of carbonyl (C=O) groups is 1. The summed E-state index contributed by atoms with van der Waals surface area (Å²) < 4.78 is 57.1. The first-order valence-corrected chi connectivity index (χ1v) is 15.0. The van der Waals surface area contributed by atoms with Crippen molar-refractivity contribution in [3.8, 4) is 5.75 Å². The lowest BCUT2D eigenvalue weighted by atomic mass is 10.00. The molecule has 0 radical (unpaired) electrons. The summed E-state index contributed by atoms with van der Waals surface area (Å²) in [6.07, 6.45) is 0.750. The number of halogens is 2. The maximum atomic E-state index is 13.9. The molecular weight excluding hydrogens is 563 g/mol. The second-order valence-corrected chi connectivity index (χ2v) is 13.4. The Labute approximate surface area is 240 Å². The number of benzene rings is 2. The minimum absolute atomic E-state index is 0.0387. The normalized spacial score (nSPS) is 16.8. The molecule has 0 unspecified atom stereocenters. The van der Waals surface area contributed by atoms with Gasteiger partial charge < -0.3 is 19.5 Å². The fourth-order valence-corrected chi connectivity index (χ4v) is 5.28. The zero-order valence-electron chi connectivity index (χ0n) is 23.3. The summed E-state index contributed by atoms with van der Waals surface area (Å²) in [6, 6.07) is 10.7. The van der Waals surface area contributed by atoms with Crippen LogP contribution in [0.3, 0.4) is 0 Å². The molecule has 9 nitrogen and oxygen atoms in total. The molecule has 1 fully saturated rings. The van der Waals surface area contributed by atoms with Crippen molar-refractivity contribution in [2.75, 3.05) is 26.2 Å². The van der Waals surface area contributed by atoms with Crippen molar-refractivity contribution in [3.63, 3.8) is 0 Å². The van der Waals surface area contributed by atoms with Crippen LogP contribution in [-0.2, 0) is 27.2 Å². The molecule has 0 spiro atoms. The van der Waals surface area contributed by atoms with Crippen LogP contribution in [0.1, 0.15) is 51.7 Å². The van der Waals surface area contributed by atoms with E-state index >= 15 is 0 Å². The van der Waals surface area contributed by atoms with Gasteiger partial charge in [-0.05, 0) is 64.3 Å². The van der Waals surface area contributed by atoms with Crippen LogP contribution in [0.2, 0.25) is 5.02 Å². The first kappa shape index (κ1) is 32.1. The topological polar surface area (TPSA) is 117 Å². The molecule has 3 rings (SSSR count). The van der Waals surface area contributed by atoms with E-state index in [0.717, 1.165) is 37.3 Å². The number of ether oxygens (including phenoxy) is 2. The molecule has 222 valence electrons. The van der Waals surface area contributed by atoms with Gasteiger partial charge in [0.2, 0.25) is 0 Å². The van der Waals surface area contributed by atoms with Gasteiger partial charge in [-0.3, -0.25) is 9.45 Å². The lowest BCUT2D eigenvalue weighted by molar-refractivity contribution is -0.0458. The molecule has 2 aromatic carbocycles. The standard InChI is InChI=1S/C28H38ClFN2O7S/c1-27(2,3)39-26(33)32(24-11-13-31(14-12-24)16-20-5-8-22(29)9-6-20)18-28(4,34)19-38-25-15-23(30)10-7-21(25)17-40(35,36)37/h5-10,15,24,34H,11-14,16-19H2,1-4H3,(H,35,36,37)/t28-/m0/s1. The van der Waals surface area contributed by atoms with Crippen LogP contribution >= 0.6 is 11.6 Å². The molecule has 1 saturated heterocycles. The molecule has 0 aliphatic carbocycles. The van der Waals surface area contributed by atoms with Gasteiger partial charge in [0.25, 0.3) is 10.1 Å². The molecule has 2 aromatic rings. The zero-order valence-corrected chi connectivity index (χ0v) is 24.8. The molecule has 2 N–H and O–H groups in total. The largest absolute Gasteiger partial charge is 0.490 e. The van der Waals surface area contributed by atoms with Crippen molar-refractivity contribution in [1.82, 2.24) is 9.80 Å². The van der Waals surface area contributed by atoms with Gasteiger partial charge in [0.1, 0.15) is 35.1 Å². The average Bonchev–Trinajstić information content (AvgIpc) is 2.83. The molecule has 0 bridgehead atoms. The molecule has 12 heteroatoms. The van der Waals surface area contributed by atoms with Crippen molar-refractivity contribution in [2.24, 2.45) is 0 Å². The van der Waals surface area contributed by atoms with Crippen molar-refractivity contribution >= 4 is 27.8 Å². The van der Waals surface area contributed by atoms with Gasteiger partial charge in [-0.1, -0.05) is 29.8 Å². The number of amides is 1. The summed E-state index contributed by atoms with van der Waals surface area (Å²) >= 11 is 5.99. The monoisotopic (exact) mass is 600 g/mol. The van der Waals surface area contributed by atoms with Crippen LogP contribution in [-0.4, -0.2) is 77.5 Å². The number of likely N-dealkylation sites (tertiary alicyclic amines) is 1. The minimum Gasteiger partial charge on any atom is -0.490 e. The predicted molar refractivity (Wildman–Crippen MR) is 150 cm³/mol. The summed E-state index contributed by atoms with van der Waals surface area (Å²) in [5, 5.41) is 11.9. The van der Waals surface area contributed by atoms with Gasteiger partial charge in [-0.25, -0.2) is 9.18 Å². The molecule has 0 aromatic heterocycles. The third kappa shape index (κ3) is 10.5. The minimum atomic E-state index is -4.40. The molecular formula is C28H38ClFN2O7S. The molecule has 1 amide bonds. The molecule has 1 aliphatic rings. The molecule has 0 saturated carbocycles. The highest BCUT2D eigenvalue weighted by atomic mass is 35.5. The van der Waals surface area contributed by atoms with Crippen LogP contribution in [0.25, 0.3) is 0 Å². The first-order valence-electron chi connectivity index (χ1n) is 13.0. The number of piperidine rings is 1. The van der Waals surface area contributed by atoms with Crippen LogP contribution in [0.15, 0.2) is 42.5 Å². The highest BCUT2D eigenvalue weighted by Crippen LogP contribution is 2.26. The van der Waals surface area contributed by atoms with Gasteiger partial charge in [0.05, 0.1) is 6.54 Å². The maximum Gasteiger partial charge on any atom is 0.410 e. The van der Waals surface area contributed by atoms with Crippen molar-refractivity contribution in [2.45, 2.75) is 70.1 Å². The van der Waals surface area contributed by atoms with E-state index < -0.39 is 39.0 Å². The number of carbonyl (C=O) groups excluding carboxylic acids is 1. The quantitative estimate of drug-likeness (QED) is 0.370. The number of nitrogens with zero attached hydrogens (tertiary/aromatic N) is 2. The SMILES string of the molecule is CC(C)(C)OC(=O)N(C[C@](C)(O)COc1cc(F)ccc1CS(=O)(=O)O)C1CCN(Cc2ccc(Cl)cc2)CC1. The molecule has 1 heterocycles.